The van der Waals surface area contributed by atoms with Crippen molar-refractivity contribution in [3.8, 4) is 0 Å². The molecule has 0 spiro atoms. The van der Waals surface area contributed by atoms with Gasteiger partial charge in [-0.25, -0.2) is 0 Å². The molecule has 0 saturated carbocycles. The van der Waals surface area contributed by atoms with Gasteiger partial charge in [-0.05, 0) is 24.0 Å². The molecule has 1 aromatic rings. The van der Waals surface area contributed by atoms with Crippen molar-refractivity contribution in [1.82, 2.24) is 16.0 Å². The van der Waals surface area contributed by atoms with Crippen molar-refractivity contribution in [1.29, 1.82) is 0 Å². The van der Waals surface area contributed by atoms with E-state index in [4.69, 9.17) is 0 Å². The van der Waals surface area contributed by atoms with Gasteiger partial charge >= 0.3 is 0 Å². The van der Waals surface area contributed by atoms with Crippen LogP contribution >= 0.6 is 11.8 Å². The summed E-state index contributed by atoms with van der Waals surface area (Å²) in [6, 6.07) is 7.51. The zero-order chi connectivity index (χ0) is 14.8. The Kier molecular flexibility index (Phi) is 7.57. The van der Waals surface area contributed by atoms with Crippen molar-refractivity contribution < 1.29 is 4.79 Å². The van der Waals surface area contributed by atoms with E-state index in [-0.39, 0.29) is 5.91 Å². The molecular formula is C14H22N4OS. The zero-order valence-corrected chi connectivity index (χ0v) is 13.0. The normalized spacial score (nSPS) is 11.1. The number of nitrogens with one attached hydrogen (secondary N) is 3. The lowest BCUT2D eigenvalue weighted by Crippen LogP contribution is -2.37. The molecule has 0 aliphatic rings. The molecule has 0 fully saturated rings. The molecule has 0 radical (unpaired) electrons. The maximum atomic E-state index is 11.4. The summed E-state index contributed by atoms with van der Waals surface area (Å²) in [5.41, 5.74) is 1.77. The molecule has 0 aromatic heterocycles. The zero-order valence-electron chi connectivity index (χ0n) is 12.2. The second-order valence-corrected chi connectivity index (χ2v) is 5.11. The summed E-state index contributed by atoms with van der Waals surface area (Å²) in [5, 5.41) is 9.07. The molecule has 0 bridgehead atoms. The Bertz CT molecular complexity index is 445. The number of thioether (sulfide) groups is 1. The predicted molar refractivity (Wildman–Crippen MR) is 86.4 cm³/mol. The van der Waals surface area contributed by atoms with Gasteiger partial charge in [-0.2, -0.15) is 11.8 Å². The molecule has 0 aliphatic carbocycles. The number of hydrogen-bond acceptors (Lipinski definition) is 3. The monoisotopic (exact) mass is 294 g/mol. The van der Waals surface area contributed by atoms with Crippen LogP contribution in [0.2, 0.25) is 0 Å². The Morgan fingerprint density at radius 2 is 1.95 bits per heavy atom. The van der Waals surface area contributed by atoms with Crippen molar-refractivity contribution in [2.75, 3.05) is 32.6 Å². The van der Waals surface area contributed by atoms with Gasteiger partial charge in [-0.3, -0.25) is 9.79 Å². The van der Waals surface area contributed by atoms with Crippen molar-refractivity contribution in [3.05, 3.63) is 35.4 Å². The SMILES string of the molecule is CN=C(NCCSC)NCc1ccc(C(=O)NC)cc1. The van der Waals surface area contributed by atoms with E-state index in [0.717, 1.165) is 23.8 Å². The number of rotatable bonds is 6. The highest BCUT2D eigenvalue weighted by atomic mass is 32.2. The third kappa shape index (κ3) is 5.52. The summed E-state index contributed by atoms with van der Waals surface area (Å²) in [4.78, 5) is 15.6. The highest BCUT2D eigenvalue weighted by molar-refractivity contribution is 7.98. The summed E-state index contributed by atoms with van der Waals surface area (Å²) in [7, 11) is 3.38. The highest BCUT2D eigenvalue weighted by Crippen LogP contribution is 2.04. The number of nitrogens with zero attached hydrogens (tertiary/aromatic N) is 1. The van der Waals surface area contributed by atoms with Gasteiger partial charge in [0.1, 0.15) is 0 Å². The molecule has 0 saturated heterocycles. The summed E-state index contributed by atoms with van der Waals surface area (Å²) >= 11 is 1.79. The largest absolute Gasteiger partial charge is 0.356 e. The fourth-order valence-electron chi connectivity index (χ4n) is 1.60. The number of guanidine groups is 1. The minimum atomic E-state index is -0.0703. The molecule has 0 atom stereocenters. The first-order valence-corrected chi connectivity index (χ1v) is 7.85. The fourth-order valence-corrected chi connectivity index (χ4v) is 1.90. The van der Waals surface area contributed by atoms with Crippen LogP contribution in [0.25, 0.3) is 0 Å². The Balaban J connectivity index is 2.46. The topological polar surface area (TPSA) is 65.5 Å². The van der Waals surface area contributed by atoms with E-state index in [1.807, 2.05) is 24.3 Å². The Labute approximate surface area is 124 Å². The third-order valence-corrected chi connectivity index (χ3v) is 3.34. The van der Waals surface area contributed by atoms with Gasteiger partial charge in [0, 0.05) is 38.5 Å². The Morgan fingerprint density at radius 3 is 2.50 bits per heavy atom. The first-order chi connectivity index (χ1) is 9.71. The van der Waals surface area contributed by atoms with E-state index in [1.165, 1.54) is 0 Å². The number of benzene rings is 1. The van der Waals surface area contributed by atoms with Crippen LogP contribution in [0.5, 0.6) is 0 Å². The molecule has 0 unspecified atom stereocenters. The van der Waals surface area contributed by atoms with E-state index in [1.54, 1.807) is 25.9 Å². The lowest BCUT2D eigenvalue weighted by Gasteiger charge is -2.11. The fraction of sp³-hybridized carbons (Fsp3) is 0.429. The van der Waals surface area contributed by atoms with E-state index < -0.39 is 0 Å². The highest BCUT2D eigenvalue weighted by Gasteiger charge is 2.02. The van der Waals surface area contributed by atoms with Gasteiger partial charge in [0.05, 0.1) is 0 Å². The Morgan fingerprint density at radius 1 is 1.25 bits per heavy atom. The summed E-state index contributed by atoms with van der Waals surface area (Å²) < 4.78 is 0. The summed E-state index contributed by atoms with van der Waals surface area (Å²) in [5.74, 6) is 1.76. The van der Waals surface area contributed by atoms with Gasteiger partial charge in [-0.15, -0.1) is 0 Å². The third-order valence-electron chi connectivity index (χ3n) is 2.73. The van der Waals surface area contributed by atoms with Crippen molar-refractivity contribution in [2.24, 2.45) is 4.99 Å². The molecule has 0 heterocycles. The van der Waals surface area contributed by atoms with Gasteiger partial charge < -0.3 is 16.0 Å². The van der Waals surface area contributed by atoms with Crippen LogP contribution in [0.3, 0.4) is 0 Å². The van der Waals surface area contributed by atoms with Crippen LogP contribution in [0.1, 0.15) is 15.9 Å². The Hall–Kier alpha value is -1.69. The number of carbonyl (C=O) groups excluding carboxylic acids is 1. The van der Waals surface area contributed by atoms with Crippen LogP contribution in [0.15, 0.2) is 29.3 Å². The lowest BCUT2D eigenvalue weighted by atomic mass is 10.1. The predicted octanol–water partition coefficient (Wildman–Crippen LogP) is 1.07. The van der Waals surface area contributed by atoms with Crippen molar-refractivity contribution in [2.45, 2.75) is 6.54 Å². The average Bonchev–Trinajstić information content (AvgIpc) is 2.50. The van der Waals surface area contributed by atoms with Gasteiger partial charge in [0.25, 0.3) is 5.91 Å². The molecule has 20 heavy (non-hydrogen) atoms. The van der Waals surface area contributed by atoms with Crippen LogP contribution in [-0.2, 0) is 6.54 Å². The van der Waals surface area contributed by atoms with Gasteiger partial charge in [0.15, 0.2) is 5.96 Å². The minimum absolute atomic E-state index is 0.0703. The molecular weight excluding hydrogens is 272 g/mol. The first-order valence-electron chi connectivity index (χ1n) is 6.45. The standard InChI is InChI=1S/C14H22N4OS/c1-15-13(19)12-6-4-11(5-7-12)10-18-14(16-2)17-8-9-20-3/h4-7H,8-10H2,1-3H3,(H,15,19)(H2,16,17,18). The number of aliphatic imine (C=N–C) groups is 1. The van der Waals surface area contributed by atoms with Gasteiger partial charge in [-0.1, -0.05) is 12.1 Å². The smallest absolute Gasteiger partial charge is 0.251 e. The van der Waals surface area contributed by atoms with Crippen LogP contribution in [0.4, 0.5) is 0 Å². The van der Waals surface area contributed by atoms with E-state index in [0.29, 0.717) is 12.1 Å². The van der Waals surface area contributed by atoms with Crippen LogP contribution in [-0.4, -0.2) is 44.5 Å². The minimum Gasteiger partial charge on any atom is -0.356 e. The van der Waals surface area contributed by atoms with E-state index in [2.05, 4.69) is 27.2 Å². The number of hydrogen-bond donors (Lipinski definition) is 3. The second-order valence-electron chi connectivity index (χ2n) is 4.12. The molecule has 5 nitrogen and oxygen atoms in total. The molecule has 3 N–H and O–H groups in total. The lowest BCUT2D eigenvalue weighted by molar-refractivity contribution is 0.0963. The van der Waals surface area contributed by atoms with E-state index in [9.17, 15) is 4.79 Å². The maximum Gasteiger partial charge on any atom is 0.251 e. The quantitative estimate of drug-likeness (QED) is 0.417. The summed E-state index contributed by atoms with van der Waals surface area (Å²) in [6.45, 7) is 1.56. The molecule has 1 amide bonds. The van der Waals surface area contributed by atoms with Crippen LogP contribution < -0.4 is 16.0 Å². The molecule has 6 heteroatoms. The van der Waals surface area contributed by atoms with Crippen LogP contribution in [0, 0.1) is 0 Å². The van der Waals surface area contributed by atoms with Crippen molar-refractivity contribution in [3.63, 3.8) is 0 Å². The second kappa shape index (κ2) is 9.25. The number of carbonyl (C=O) groups is 1. The number of amides is 1. The summed E-state index contributed by atoms with van der Waals surface area (Å²) in [6.07, 6.45) is 2.08. The first kappa shape index (κ1) is 16.4. The maximum absolute atomic E-state index is 11.4. The molecule has 110 valence electrons. The van der Waals surface area contributed by atoms with E-state index >= 15 is 0 Å². The molecule has 1 rings (SSSR count). The average molecular weight is 294 g/mol. The van der Waals surface area contributed by atoms with Crippen molar-refractivity contribution >= 4 is 23.6 Å². The molecule has 1 aromatic carbocycles. The van der Waals surface area contributed by atoms with Gasteiger partial charge in [0.2, 0.25) is 0 Å². The molecule has 0 aliphatic heterocycles.